The molecule has 0 amide bonds. The summed E-state index contributed by atoms with van der Waals surface area (Å²) in [5.74, 6) is 0. The van der Waals surface area contributed by atoms with Gasteiger partial charge in [-0.05, 0) is 23.8 Å². The molecule has 2 heterocycles. The van der Waals surface area contributed by atoms with Crippen LogP contribution in [0, 0.1) is 0 Å². The summed E-state index contributed by atoms with van der Waals surface area (Å²) in [5.41, 5.74) is 16.1. The summed E-state index contributed by atoms with van der Waals surface area (Å²) < 4.78 is 5.33. The van der Waals surface area contributed by atoms with Gasteiger partial charge in [0.15, 0.2) is 5.11 Å². The van der Waals surface area contributed by atoms with E-state index in [1.807, 2.05) is 6.07 Å². The van der Waals surface area contributed by atoms with Crippen LogP contribution in [0.3, 0.4) is 0 Å². The molecule has 0 atom stereocenters. The van der Waals surface area contributed by atoms with E-state index in [4.69, 9.17) is 16.2 Å². The number of ether oxygens (including phenoxy) is 1. The molecule has 108 valence electrons. The zero-order valence-electron chi connectivity index (χ0n) is 11.1. The van der Waals surface area contributed by atoms with Crippen molar-refractivity contribution in [3.8, 4) is 0 Å². The van der Waals surface area contributed by atoms with E-state index < -0.39 is 0 Å². The third-order valence-electron chi connectivity index (χ3n) is 2.91. The fraction of sp³-hybridized carbons (Fsp3) is 0.417. The number of nitrogens with one attached hydrogen (secondary N) is 1. The number of pyridine rings is 1. The Morgan fingerprint density at radius 3 is 3.00 bits per heavy atom. The average molecular weight is 294 g/mol. The highest BCUT2D eigenvalue weighted by molar-refractivity contribution is 7.80. The molecule has 8 heteroatoms. The van der Waals surface area contributed by atoms with Crippen LogP contribution in [-0.4, -0.2) is 47.5 Å². The molecular weight excluding hydrogens is 276 g/mol. The van der Waals surface area contributed by atoms with Gasteiger partial charge in [-0.3, -0.25) is 15.3 Å². The maximum Gasteiger partial charge on any atom is 0.184 e. The van der Waals surface area contributed by atoms with E-state index in [0.717, 1.165) is 38.4 Å². The highest BCUT2D eigenvalue weighted by Crippen LogP contribution is 2.14. The predicted molar refractivity (Wildman–Crippen MR) is 82.3 cm³/mol. The molecule has 1 aliphatic rings. The summed E-state index contributed by atoms with van der Waals surface area (Å²) in [6, 6.07) is 1.91. The highest BCUT2D eigenvalue weighted by atomic mass is 32.1. The Hall–Kier alpha value is -1.77. The summed E-state index contributed by atoms with van der Waals surface area (Å²) in [7, 11) is 0. The van der Waals surface area contributed by atoms with Gasteiger partial charge >= 0.3 is 0 Å². The van der Waals surface area contributed by atoms with Gasteiger partial charge in [0.05, 0.1) is 37.0 Å². The van der Waals surface area contributed by atoms with Crippen LogP contribution >= 0.6 is 12.2 Å². The van der Waals surface area contributed by atoms with Gasteiger partial charge < -0.3 is 16.2 Å². The number of hydrogen-bond donors (Lipinski definition) is 3. The van der Waals surface area contributed by atoms with E-state index in [0.29, 0.717) is 11.4 Å². The maximum atomic E-state index is 5.96. The van der Waals surface area contributed by atoms with Gasteiger partial charge in [-0.15, -0.1) is 0 Å². The Morgan fingerprint density at radius 2 is 2.30 bits per heavy atom. The summed E-state index contributed by atoms with van der Waals surface area (Å²) >= 11 is 4.66. The lowest BCUT2D eigenvalue weighted by molar-refractivity contribution is 0.0342. The lowest BCUT2D eigenvalue weighted by atomic mass is 10.2. The predicted octanol–water partition coefficient (Wildman–Crippen LogP) is -0.337. The van der Waals surface area contributed by atoms with Crippen LogP contribution in [0.1, 0.15) is 11.3 Å². The number of hydrogen-bond acceptors (Lipinski definition) is 6. The van der Waals surface area contributed by atoms with Gasteiger partial charge in [0.1, 0.15) is 0 Å². The molecule has 0 spiro atoms. The first-order valence-electron chi connectivity index (χ1n) is 6.28. The Bertz CT molecular complexity index is 501. The molecule has 0 unspecified atom stereocenters. The van der Waals surface area contributed by atoms with Gasteiger partial charge in [0, 0.05) is 19.6 Å². The number of anilines is 1. The van der Waals surface area contributed by atoms with E-state index >= 15 is 0 Å². The number of thiocarbonyl (C=S) groups is 1. The van der Waals surface area contributed by atoms with Crippen molar-refractivity contribution in [2.75, 3.05) is 32.0 Å². The zero-order valence-corrected chi connectivity index (χ0v) is 11.9. The van der Waals surface area contributed by atoms with E-state index in [1.54, 1.807) is 12.4 Å². The lowest BCUT2D eigenvalue weighted by Gasteiger charge is -2.27. The fourth-order valence-electron chi connectivity index (χ4n) is 1.90. The Labute approximate surface area is 123 Å². The number of nitrogen functional groups attached to an aromatic ring is 1. The van der Waals surface area contributed by atoms with E-state index in [9.17, 15) is 0 Å². The van der Waals surface area contributed by atoms with Gasteiger partial charge in [-0.2, -0.15) is 5.10 Å². The first-order valence-corrected chi connectivity index (χ1v) is 6.69. The van der Waals surface area contributed by atoms with Crippen molar-refractivity contribution in [1.82, 2.24) is 15.3 Å². The Morgan fingerprint density at radius 1 is 1.55 bits per heavy atom. The molecule has 7 nitrogen and oxygen atoms in total. The molecule has 2 rings (SSSR count). The Balaban J connectivity index is 2.03. The molecule has 1 aromatic heterocycles. The molecule has 0 aliphatic carbocycles. The van der Waals surface area contributed by atoms with Crippen LogP contribution in [0.2, 0.25) is 0 Å². The number of morpholine rings is 1. The van der Waals surface area contributed by atoms with Crippen molar-refractivity contribution in [2.45, 2.75) is 6.54 Å². The second kappa shape index (κ2) is 7.13. The molecular formula is C12H18N6OS. The Kier molecular flexibility index (Phi) is 5.22. The van der Waals surface area contributed by atoms with Crippen molar-refractivity contribution in [3.05, 3.63) is 23.5 Å². The van der Waals surface area contributed by atoms with Crippen molar-refractivity contribution < 1.29 is 4.74 Å². The summed E-state index contributed by atoms with van der Waals surface area (Å²) in [6.45, 7) is 4.12. The van der Waals surface area contributed by atoms with Crippen molar-refractivity contribution in [1.29, 1.82) is 0 Å². The molecule has 1 aromatic rings. The molecule has 1 aliphatic heterocycles. The van der Waals surface area contributed by atoms with Gasteiger partial charge in [-0.25, -0.2) is 0 Å². The van der Waals surface area contributed by atoms with Crippen molar-refractivity contribution >= 4 is 29.2 Å². The number of aromatic nitrogens is 1. The first-order chi connectivity index (χ1) is 9.65. The van der Waals surface area contributed by atoms with Crippen molar-refractivity contribution in [3.63, 3.8) is 0 Å². The number of nitrogens with two attached hydrogens (primary N) is 2. The van der Waals surface area contributed by atoms with E-state index in [-0.39, 0.29) is 5.11 Å². The zero-order chi connectivity index (χ0) is 14.4. The molecule has 5 N–H and O–H groups in total. The van der Waals surface area contributed by atoms with Crippen LogP contribution < -0.4 is 16.9 Å². The fourth-order valence-corrected chi connectivity index (χ4v) is 1.95. The quantitative estimate of drug-likeness (QED) is 0.397. The minimum atomic E-state index is 0.116. The minimum Gasteiger partial charge on any atom is -0.397 e. The average Bonchev–Trinajstić information content (AvgIpc) is 2.43. The summed E-state index contributed by atoms with van der Waals surface area (Å²) in [6.07, 6.45) is 3.19. The van der Waals surface area contributed by atoms with Crippen LogP contribution in [-0.2, 0) is 11.3 Å². The largest absolute Gasteiger partial charge is 0.397 e. The third-order valence-corrected chi connectivity index (χ3v) is 3.01. The smallest absolute Gasteiger partial charge is 0.184 e. The third kappa shape index (κ3) is 4.41. The molecule has 0 aromatic carbocycles. The van der Waals surface area contributed by atoms with Crippen LogP contribution in [0.15, 0.2) is 17.4 Å². The first kappa shape index (κ1) is 14.6. The maximum absolute atomic E-state index is 5.96. The van der Waals surface area contributed by atoms with Gasteiger partial charge in [-0.1, -0.05) is 0 Å². The molecule has 20 heavy (non-hydrogen) atoms. The normalized spacial score (nSPS) is 16.4. The van der Waals surface area contributed by atoms with Gasteiger partial charge in [0.25, 0.3) is 0 Å². The second-order valence-electron chi connectivity index (χ2n) is 4.43. The monoisotopic (exact) mass is 294 g/mol. The number of hydrazone groups is 1. The van der Waals surface area contributed by atoms with Crippen LogP contribution in [0.25, 0.3) is 0 Å². The summed E-state index contributed by atoms with van der Waals surface area (Å²) in [5, 5.41) is 4.00. The molecule has 0 radical (unpaired) electrons. The molecule has 0 saturated carbocycles. The molecule has 1 saturated heterocycles. The SMILES string of the molecule is NC(=S)N/N=C/c1cc(CN2CCOCC2)c(N)cn1. The molecule has 0 bridgehead atoms. The van der Waals surface area contributed by atoms with E-state index in [1.165, 1.54) is 0 Å². The van der Waals surface area contributed by atoms with Crippen LogP contribution in [0.5, 0.6) is 0 Å². The van der Waals surface area contributed by atoms with Gasteiger partial charge in [0.2, 0.25) is 0 Å². The molecule has 1 fully saturated rings. The summed E-state index contributed by atoms with van der Waals surface area (Å²) in [4.78, 5) is 6.48. The van der Waals surface area contributed by atoms with Crippen molar-refractivity contribution in [2.24, 2.45) is 10.8 Å². The number of nitrogens with zero attached hydrogens (tertiary/aromatic N) is 3. The van der Waals surface area contributed by atoms with E-state index in [2.05, 4.69) is 32.6 Å². The standard InChI is InChI=1S/C12H18N6OS/c13-11-7-15-10(6-16-17-12(14)20)5-9(11)8-18-1-3-19-4-2-18/h5-7H,1-4,8,13H2,(H3,14,17,20)/b16-6+. The lowest BCUT2D eigenvalue weighted by Crippen LogP contribution is -2.35. The topological polar surface area (TPSA) is 102 Å². The highest BCUT2D eigenvalue weighted by Gasteiger charge is 2.12. The van der Waals surface area contributed by atoms with Crippen LogP contribution in [0.4, 0.5) is 5.69 Å². The second-order valence-corrected chi connectivity index (χ2v) is 4.87. The number of rotatable bonds is 4. The minimum absolute atomic E-state index is 0.116.